The van der Waals surface area contributed by atoms with Gasteiger partial charge in [-0.15, -0.1) is 0 Å². The molecule has 0 aliphatic rings. The fourth-order valence-corrected chi connectivity index (χ4v) is 2.08. The Morgan fingerprint density at radius 3 is 2.85 bits per heavy atom. The van der Waals surface area contributed by atoms with Crippen LogP contribution >= 0.6 is 0 Å². The molecule has 5 heteroatoms. The van der Waals surface area contributed by atoms with Gasteiger partial charge in [0.25, 0.3) is 0 Å². The molecule has 0 fully saturated rings. The lowest BCUT2D eigenvalue weighted by Crippen LogP contribution is -2.05. The van der Waals surface area contributed by atoms with Crippen molar-refractivity contribution in [3.63, 3.8) is 0 Å². The number of hydrogen-bond donors (Lipinski definition) is 0. The second kappa shape index (κ2) is 4.85. The van der Waals surface area contributed by atoms with Crippen molar-refractivity contribution in [1.29, 1.82) is 0 Å². The average Bonchev–Trinajstić information content (AvgIpc) is 2.86. The average molecular weight is 272 g/mol. The molecule has 1 aromatic carbocycles. The summed E-state index contributed by atoms with van der Waals surface area (Å²) in [6.07, 6.45) is 3.06. The third-order valence-corrected chi connectivity index (χ3v) is 3.09. The van der Waals surface area contributed by atoms with Crippen molar-refractivity contribution in [1.82, 2.24) is 9.61 Å². The molecule has 0 atom stereocenters. The van der Waals surface area contributed by atoms with E-state index in [-0.39, 0.29) is 17.8 Å². The summed E-state index contributed by atoms with van der Waals surface area (Å²) in [5.41, 5.74) is 1.26. The van der Waals surface area contributed by atoms with E-state index in [1.54, 1.807) is 28.9 Å². The SMILES string of the molecule is O=C(Cc1ccc(F)cc1F)c1cnn2ccccc12. The number of rotatable bonds is 3. The normalized spacial score (nSPS) is 10.9. The van der Waals surface area contributed by atoms with Gasteiger partial charge in [0.05, 0.1) is 17.3 Å². The summed E-state index contributed by atoms with van der Waals surface area (Å²) in [7, 11) is 0. The number of ketones is 1. The van der Waals surface area contributed by atoms with Crippen LogP contribution in [0.15, 0.2) is 48.8 Å². The largest absolute Gasteiger partial charge is 0.294 e. The van der Waals surface area contributed by atoms with Gasteiger partial charge >= 0.3 is 0 Å². The highest BCUT2D eigenvalue weighted by Crippen LogP contribution is 2.16. The lowest BCUT2D eigenvalue weighted by molar-refractivity contribution is 0.0993. The summed E-state index contributed by atoms with van der Waals surface area (Å²) in [4.78, 5) is 12.2. The molecule has 0 unspecified atom stereocenters. The summed E-state index contributed by atoms with van der Waals surface area (Å²) >= 11 is 0. The van der Waals surface area contributed by atoms with Crippen LogP contribution in [-0.2, 0) is 6.42 Å². The van der Waals surface area contributed by atoms with Crippen molar-refractivity contribution in [2.24, 2.45) is 0 Å². The number of hydrogen-bond acceptors (Lipinski definition) is 2. The van der Waals surface area contributed by atoms with Crippen LogP contribution in [0.25, 0.3) is 5.52 Å². The van der Waals surface area contributed by atoms with Gasteiger partial charge in [0, 0.05) is 18.7 Å². The minimum atomic E-state index is -0.713. The highest BCUT2D eigenvalue weighted by Gasteiger charge is 2.15. The maximum atomic E-state index is 13.6. The molecule has 3 nitrogen and oxygen atoms in total. The van der Waals surface area contributed by atoms with E-state index in [9.17, 15) is 13.6 Å². The van der Waals surface area contributed by atoms with Gasteiger partial charge in [-0.25, -0.2) is 13.3 Å². The number of carbonyl (C=O) groups excluding carboxylic acids is 1. The number of Topliss-reactive ketones (excluding diaryl/α,β-unsaturated/α-hetero) is 1. The molecule has 0 aliphatic heterocycles. The molecule has 0 amide bonds. The molecule has 0 radical (unpaired) electrons. The lowest BCUT2D eigenvalue weighted by Gasteiger charge is -2.02. The molecule has 0 saturated heterocycles. The molecular formula is C15H10F2N2O. The molecule has 0 saturated carbocycles. The van der Waals surface area contributed by atoms with Gasteiger partial charge in [0.1, 0.15) is 11.6 Å². The number of halogens is 2. The van der Waals surface area contributed by atoms with Gasteiger partial charge in [-0.05, 0) is 23.8 Å². The summed E-state index contributed by atoms with van der Waals surface area (Å²) in [6, 6.07) is 8.57. The second-order valence-corrected chi connectivity index (χ2v) is 4.42. The second-order valence-electron chi connectivity index (χ2n) is 4.42. The van der Waals surface area contributed by atoms with Crippen molar-refractivity contribution in [3.05, 3.63) is 71.6 Å². The van der Waals surface area contributed by atoms with Crippen LogP contribution in [0.1, 0.15) is 15.9 Å². The van der Waals surface area contributed by atoms with Crippen LogP contribution in [0, 0.1) is 11.6 Å². The predicted molar refractivity (Wildman–Crippen MR) is 69.6 cm³/mol. The van der Waals surface area contributed by atoms with E-state index >= 15 is 0 Å². The number of fused-ring (bicyclic) bond motifs is 1. The van der Waals surface area contributed by atoms with Gasteiger partial charge in [-0.1, -0.05) is 12.1 Å². The van der Waals surface area contributed by atoms with Crippen molar-refractivity contribution in [2.75, 3.05) is 0 Å². The van der Waals surface area contributed by atoms with E-state index in [0.717, 1.165) is 12.1 Å². The van der Waals surface area contributed by atoms with Crippen LogP contribution in [-0.4, -0.2) is 15.4 Å². The molecule has 2 heterocycles. The minimum Gasteiger partial charge on any atom is -0.294 e. The first kappa shape index (κ1) is 12.5. The lowest BCUT2D eigenvalue weighted by atomic mass is 10.0. The summed E-state index contributed by atoms with van der Waals surface area (Å²) < 4.78 is 28.0. The summed E-state index contributed by atoms with van der Waals surface area (Å²) in [5.74, 6) is -1.62. The monoisotopic (exact) mass is 272 g/mol. The molecular weight excluding hydrogens is 262 g/mol. The van der Waals surface area contributed by atoms with Gasteiger partial charge < -0.3 is 0 Å². The maximum Gasteiger partial charge on any atom is 0.171 e. The van der Waals surface area contributed by atoms with Crippen LogP contribution in [0.5, 0.6) is 0 Å². The van der Waals surface area contributed by atoms with Crippen molar-refractivity contribution < 1.29 is 13.6 Å². The molecule has 3 rings (SSSR count). The number of nitrogens with zero attached hydrogens (tertiary/aromatic N) is 2. The van der Waals surface area contributed by atoms with Crippen LogP contribution in [0.4, 0.5) is 8.78 Å². The first-order valence-corrected chi connectivity index (χ1v) is 6.04. The topological polar surface area (TPSA) is 34.4 Å². The van der Waals surface area contributed by atoms with Gasteiger partial charge in [0.2, 0.25) is 0 Å². The van der Waals surface area contributed by atoms with Gasteiger partial charge in [-0.3, -0.25) is 4.79 Å². The Morgan fingerprint density at radius 2 is 2.05 bits per heavy atom. The number of pyridine rings is 1. The van der Waals surface area contributed by atoms with Crippen LogP contribution in [0.3, 0.4) is 0 Å². The standard InChI is InChI=1S/C15H10F2N2O/c16-11-5-4-10(13(17)8-11)7-15(20)12-9-18-19-6-2-1-3-14(12)19/h1-6,8-9H,7H2. The molecule has 3 aromatic rings. The molecule has 0 bridgehead atoms. The number of benzene rings is 1. The minimum absolute atomic E-state index is 0.123. The highest BCUT2D eigenvalue weighted by atomic mass is 19.1. The zero-order valence-electron chi connectivity index (χ0n) is 10.4. The van der Waals surface area contributed by atoms with Crippen molar-refractivity contribution in [3.8, 4) is 0 Å². The fourth-order valence-electron chi connectivity index (χ4n) is 2.08. The summed E-state index contributed by atoms with van der Waals surface area (Å²) in [5, 5.41) is 4.06. The molecule has 0 aliphatic carbocycles. The Labute approximate surface area is 113 Å². The number of aromatic nitrogens is 2. The smallest absolute Gasteiger partial charge is 0.171 e. The highest BCUT2D eigenvalue weighted by molar-refractivity contribution is 6.03. The molecule has 20 heavy (non-hydrogen) atoms. The third-order valence-electron chi connectivity index (χ3n) is 3.09. The van der Waals surface area contributed by atoms with Crippen molar-refractivity contribution >= 4 is 11.3 Å². The summed E-state index contributed by atoms with van der Waals surface area (Å²) in [6.45, 7) is 0. The third kappa shape index (κ3) is 2.18. The van der Waals surface area contributed by atoms with E-state index in [2.05, 4.69) is 5.10 Å². The van der Waals surface area contributed by atoms with E-state index in [4.69, 9.17) is 0 Å². The Bertz CT molecular complexity index is 795. The first-order chi connectivity index (χ1) is 9.65. The van der Waals surface area contributed by atoms with E-state index < -0.39 is 11.6 Å². The Kier molecular flexibility index (Phi) is 3.02. The van der Waals surface area contributed by atoms with Gasteiger partial charge in [0.15, 0.2) is 5.78 Å². The molecule has 0 spiro atoms. The van der Waals surface area contributed by atoms with Gasteiger partial charge in [-0.2, -0.15) is 5.10 Å². The van der Waals surface area contributed by atoms with Crippen LogP contribution < -0.4 is 0 Å². The van der Waals surface area contributed by atoms with E-state index in [0.29, 0.717) is 11.1 Å². The quantitative estimate of drug-likeness (QED) is 0.687. The molecule has 0 N–H and O–H groups in total. The Hall–Kier alpha value is -2.56. The Balaban J connectivity index is 1.93. The van der Waals surface area contributed by atoms with Crippen molar-refractivity contribution in [2.45, 2.75) is 6.42 Å². The Morgan fingerprint density at radius 1 is 1.20 bits per heavy atom. The van der Waals surface area contributed by atoms with E-state index in [1.165, 1.54) is 12.3 Å². The van der Waals surface area contributed by atoms with E-state index in [1.807, 2.05) is 0 Å². The molecule has 100 valence electrons. The fraction of sp³-hybridized carbons (Fsp3) is 0.0667. The molecule has 2 aromatic heterocycles. The zero-order chi connectivity index (χ0) is 14.1. The predicted octanol–water partition coefficient (Wildman–Crippen LogP) is 3.04. The first-order valence-electron chi connectivity index (χ1n) is 6.04. The maximum absolute atomic E-state index is 13.6. The number of carbonyl (C=O) groups is 1. The zero-order valence-corrected chi connectivity index (χ0v) is 10.4. The van der Waals surface area contributed by atoms with Crippen LogP contribution in [0.2, 0.25) is 0 Å².